The van der Waals surface area contributed by atoms with Crippen LogP contribution in [-0.2, 0) is 6.42 Å². The summed E-state index contributed by atoms with van der Waals surface area (Å²) < 4.78 is 0. The van der Waals surface area contributed by atoms with Gasteiger partial charge in [-0.05, 0) is 44.4 Å². The highest BCUT2D eigenvalue weighted by molar-refractivity contribution is 5.57. The summed E-state index contributed by atoms with van der Waals surface area (Å²) in [6, 6.07) is 7.49. The van der Waals surface area contributed by atoms with Gasteiger partial charge in [0, 0.05) is 29.1 Å². The molecule has 0 amide bonds. The standard InChI is InChI=1S/C17H21N3O/c1-2-9-18-15-7-4-8-16-14(15)11-19-17(20-16)12-5-3-6-13(21)10-12/h3,5-6,10-11,15,18,21H,2,4,7-9H2,1H3. The second kappa shape index (κ2) is 6.22. The minimum atomic E-state index is 0.247. The highest BCUT2D eigenvalue weighted by atomic mass is 16.3. The molecule has 1 aromatic carbocycles. The van der Waals surface area contributed by atoms with E-state index in [0.717, 1.165) is 43.5 Å². The van der Waals surface area contributed by atoms with Crippen LogP contribution in [0.25, 0.3) is 11.4 Å². The fourth-order valence-corrected chi connectivity index (χ4v) is 2.86. The van der Waals surface area contributed by atoms with E-state index in [-0.39, 0.29) is 5.75 Å². The van der Waals surface area contributed by atoms with Crippen molar-refractivity contribution in [3.63, 3.8) is 0 Å². The third-order valence-corrected chi connectivity index (χ3v) is 3.93. The van der Waals surface area contributed by atoms with Crippen LogP contribution in [0.2, 0.25) is 0 Å². The van der Waals surface area contributed by atoms with Crippen molar-refractivity contribution >= 4 is 0 Å². The Kier molecular flexibility index (Phi) is 4.15. The van der Waals surface area contributed by atoms with Gasteiger partial charge in [-0.2, -0.15) is 0 Å². The zero-order valence-electron chi connectivity index (χ0n) is 12.3. The molecule has 0 spiro atoms. The molecule has 4 nitrogen and oxygen atoms in total. The summed E-state index contributed by atoms with van der Waals surface area (Å²) in [4.78, 5) is 9.22. The summed E-state index contributed by atoms with van der Waals surface area (Å²) in [7, 11) is 0. The maximum Gasteiger partial charge on any atom is 0.159 e. The Morgan fingerprint density at radius 2 is 2.29 bits per heavy atom. The molecule has 110 valence electrons. The van der Waals surface area contributed by atoms with E-state index in [1.165, 1.54) is 5.56 Å². The molecule has 1 aliphatic carbocycles. The number of aryl methyl sites for hydroxylation is 1. The van der Waals surface area contributed by atoms with E-state index < -0.39 is 0 Å². The first-order valence-electron chi connectivity index (χ1n) is 7.66. The zero-order chi connectivity index (χ0) is 14.7. The number of phenolic OH excluding ortho intramolecular Hbond substituents is 1. The van der Waals surface area contributed by atoms with Gasteiger partial charge in [-0.25, -0.2) is 9.97 Å². The van der Waals surface area contributed by atoms with Gasteiger partial charge in [0.1, 0.15) is 5.75 Å². The third kappa shape index (κ3) is 3.05. The summed E-state index contributed by atoms with van der Waals surface area (Å²) in [6.07, 6.45) is 6.41. The molecule has 2 aromatic rings. The number of rotatable bonds is 4. The summed E-state index contributed by atoms with van der Waals surface area (Å²) in [5.74, 6) is 0.942. The van der Waals surface area contributed by atoms with Crippen molar-refractivity contribution in [2.24, 2.45) is 0 Å². The second-order valence-electron chi connectivity index (χ2n) is 5.54. The number of aromatic nitrogens is 2. The van der Waals surface area contributed by atoms with E-state index in [1.807, 2.05) is 18.3 Å². The lowest BCUT2D eigenvalue weighted by molar-refractivity contribution is 0.453. The van der Waals surface area contributed by atoms with E-state index in [0.29, 0.717) is 11.9 Å². The van der Waals surface area contributed by atoms with Crippen LogP contribution in [0.3, 0.4) is 0 Å². The van der Waals surface area contributed by atoms with E-state index in [9.17, 15) is 5.11 Å². The van der Waals surface area contributed by atoms with Crippen LogP contribution in [0, 0.1) is 0 Å². The van der Waals surface area contributed by atoms with Crippen LogP contribution in [0.4, 0.5) is 0 Å². The van der Waals surface area contributed by atoms with E-state index in [4.69, 9.17) is 4.98 Å². The molecule has 0 aliphatic heterocycles. The molecule has 0 fully saturated rings. The largest absolute Gasteiger partial charge is 0.508 e. The van der Waals surface area contributed by atoms with E-state index >= 15 is 0 Å². The molecule has 4 heteroatoms. The van der Waals surface area contributed by atoms with Crippen molar-refractivity contribution in [1.82, 2.24) is 15.3 Å². The molecule has 3 rings (SSSR count). The molecule has 1 unspecified atom stereocenters. The molecule has 0 saturated heterocycles. The molecule has 1 aliphatic rings. The number of hydrogen-bond acceptors (Lipinski definition) is 4. The number of fused-ring (bicyclic) bond motifs is 1. The lowest BCUT2D eigenvalue weighted by Gasteiger charge is -2.25. The van der Waals surface area contributed by atoms with Crippen molar-refractivity contribution in [2.45, 2.75) is 38.6 Å². The van der Waals surface area contributed by atoms with Crippen LogP contribution >= 0.6 is 0 Å². The first-order chi connectivity index (χ1) is 10.3. The molecule has 1 heterocycles. The van der Waals surface area contributed by atoms with Gasteiger partial charge in [-0.1, -0.05) is 19.1 Å². The number of hydrogen-bond donors (Lipinski definition) is 2. The predicted octanol–water partition coefficient (Wildman–Crippen LogP) is 3.23. The highest BCUT2D eigenvalue weighted by Gasteiger charge is 2.21. The second-order valence-corrected chi connectivity index (χ2v) is 5.54. The predicted molar refractivity (Wildman–Crippen MR) is 83.1 cm³/mol. The van der Waals surface area contributed by atoms with Gasteiger partial charge in [-0.15, -0.1) is 0 Å². The van der Waals surface area contributed by atoms with Crippen molar-refractivity contribution in [2.75, 3.05) is 6.54 Å². The highest BCUT2D eigenvalue weighted by Crippen LogP contribution is 2.30. The summed E-state index contributed by atoms with van der Waals surface area (Å²) in [5, 5.41) is 13.2. The lowest BCUT2D eigenvalue weighted by atomic mass is 9.92. The van der Waals surface area contributed by atoms with Gasteiger partial charge < -0.3 is 10.4 Å². The van der Waals surface area contributed by atoms with Crippen LogP contribution in [-0.4, -0.2) is 21.6 Å². The quantitative estimate of drug-likeness (QED) is 0.904. The average molecular weight is 283 g/mol. The lowest BCUT2D eigenvalue weighted by Crippen LogP contribution is -2.26. The Balaban J connectivity index is 1.90. The zero-order valence-corrected chi connectivity index (χ0v) is 12.3. The molecule has 0 saturated carbocycles. The fraction of sp³-hybridized carbons (Fsp3) is 0.412. The summed E-state index contributed by atoms with van der Waals surface area (Å²) >= 11 is 0. The topological polar surface area (TPSA) is 58.0 Å². The molecule has 21 heavy (non-hydrogen) atoms. The Morgan fingerprint density at radius 3 is 3.10 bits per heavy atom. The van der Waals surface area contributed by atoms with Gasteiger partial charge in [0.2, 0.25) is 0 Å². The van der Waals surface area contributed by atoms with Crippen LogP contribution in [0.15, 0.2) is 30.5 Å². The normalized spacial score (nSPS) is 17.5. The minimum Gasteiger partial charge on any atom is -0.508 e. The molecule has 1 aromatic heterocycles. The number of nitrogens with one attached hydrogen (secondary N) is 1. The van der Waals surface area contributed by atoms with Crippen LogP contribution < -0.4 is 5.32 Å². The number of phenols is 1. The number of nitrogens with zero attached hydrogens (tertiary/aromatic N) is 2. The van der Waals surface area contributed by atoms with Crippen molar-refractivity contribution < 1.29 is 5.11 Å². The summed E-state index contributed by atoms with van der Waals surface area (Å²) in [6.45, 7) is 3.20. The van der Waals surface area contributed by atoms with Gasteiger partial charge in [0.05, 0.1) is 0 Å². The Labute approximate surface area is 125 Å². The van der Waals surface area contributed by atoms with E-state index in [1.54, 1.807) is 12.1 Å². The maximum atomic E-state index is 9.59. The van der Waals surface area contributed by atoms with Gasteiger partial charge >= 0.3 is 0 Å². The molecule has 0 bridgehead atoms. The molecule has 2 N–H and O–H groups in total. The van der Waals surface area contributed by atoms with Crippen LogP contribution in [0.5, 0.6) is 5.75 Å². The molecular weight excluding hydrogens is 262 g/mol. The average Bonchev–Trinajstić information content (AvgIpc) is 2.52. The van der Waals surface area contributed by atoms with Crippen molar-refractivity contribution in [3.8, 4) is 17.1 Å². The summed E-state index contributed by atoms with van der Waals surface area (Å²) in [5.41, 5.74) is 3.24. The van der Waals surface area contributed by atoms with Crippen molar-refractivity contribution in [3.05, 3.63) is 41.7 Å². The van der Waals surface area contributed by atoms with Gasteiger partial charge in [0.15, 0.2) is 5.82 Å². The smallest absolute Gasteiger partial charge is 0.159 e. The van der Waals surface area contributed by atoms with E-state index in [2.05, 4.69) is 17.2 Å². The van der Waals surface area contributed by atoms with Gasteiger partial charge in [0.25, 0.3) is 0 Å². The van der Waals surface area contributed by atoms with Crippen LogP contribution in [0.1, 0.15) is 43.5 Å². The first-order valence-corrected chi connectivity index (χ1v) is 7.66. The molecule has 0 radical (unpaired) electrons. The fourth-order valence-electron chi connectivity index (χ4n) is 2.86. The number of benzene rings is 1. The Bertz CT molecular complexity index is 627. The molecule has 1 atom stereocenters. The van der Waals surface area contributed by atoms with Gasteiger partial charge in [-0.3, -0.25) is 0 Å². The third-order valence-electron chi connectivity index (χ3n) is 3.93. The Morgan fingerprint density at radius 1 is 1.38 bits per heavy atom. The SMILES string of the molecule is CCCNC1CCCc2nc(-c3cccc(O)c3)ncc21. The first kappa shape index (κ1) is 14.0. The number of aromatic hydroxyl groups is 1. The monoisotopic (exact) mass is 283 g/mol. The maximum absolute atomic E-state index is 9.59. The minimum absolute atomic E-state index is 0.247. The Hall–Kier alpha value is -1.94. The molecular formula is C17H21N3O. The van der Waals surface area contributed by atoms with Crippen molar-refractivity contribution in [1.29, 1.82) is 0 Å².